The quantitative estimate of drug-likeness (QED) is 0.910. The predicted octanol–water partition coefficient (Wildman–Crippen LogP) is 2.14. The Kier molecular flexibility index (Phi) is 4.30. The number of hydrogen-bond donors (Lipinski definition) is 2. The third-order valence-electron chi connectivity index (χ3n) is 3.54. The molecule has 0 aliphatic carbocycles. The molecule has 1 aliphatic rings. The van der Waals surface area contributed by atoms with E-state index in [9.17, 15) is 4.79 Å². The number of benzene rings is 1. The Morgan fingerprint density at radius 3 is 3.20 bits per heavy atom. The highest BCUT2D eigenvalue weighted by Gasteiger charge is 2.12. The third-order valence-corrected chi connectivity index (χ3v) is 4.43. The maximum absolute atomic E-state index is 12.1. The van der Waals surface area contributed by atoms with Gasteiger partial charge in [-0.2, -0.15) is 0 Å². The number of nitrogens with zero attached hydrogens (tertiary/aromatic N) is 1. The van der Waals surface area contributed by atoms with Gasteiger partial charge in [0, 0.05) is 23.5 Å². The van der Waals surface area contributed by atoms with E-state index >= 15 is 0 Å². The lowest BCUT2D eigenvalue weighted by molar-refractivity contribution is -0.117. The van der Waals surface area contributed by atoms with Crippen molar-refractivity contribution in [2.24, 2.45) is 0 Å². The number of carbonyl (C=O) groups excluding carboxylic acids is 1. The predicted molar refractivity (Wildman–Crippen MR) is 84.4 cm³/mol. The van der Waals surface area contributed by atoms with Crippen LogP contribution in [0, 0.1) is 0 Å². The topological polar surface area (TPSA) is 44.4 Å². The van der Waals surface area contributed by atoms with Crippen molar-refractivity contribution in [1.29, 1.82) is 0 Å². The number of hydrogen-bond acceptors (Lipinski definition) is 4. The molecular weight excluding hydrogens is 270 g/mol. The maximum Gasteiger partial charge on any atom is 0.238 e. The van der Waals surface area contributed by atoms with Gasteiger partial charge in [0.05, 0.1) is 6.54 Å². The first-order chi connectivity index (χ1) is 9.81. The minimum absolute atomic E-state index is 0.0708. The Morgan fingerprint density at radius 1 is 1.30 bits per heavy atom. The smallest absolute Gasteiger partial charge is 0.238 e. The van der Waals surface area contributed by atoms with Gasteiger partial charge in [0.15, 0.2) is 0 Å². The van der Waals surface area contributed by atoms with E-state index < -0.39 is 0 Å². The van der Waals surface area contributed by atoms with E-state index in [1.54, 1.807) is 11.3 Å². The van der Waals surface area contributed by atoms with Gasteiger partial charge >= 0.3 is 0 Å². The van der Waals surface area contributed by atoms with Gasteiger partial charge in [0.1, 0.15) is 0 Å². The number of rotatable bonds is 3. The molecule has 0 bridgehead atoms. The van der Waals surface area contributed by atoms with Crippen LogP contribution in [0.3, 0.4) is 0 Å². The molecule has 0 unspecified atom stereocenters. The Balaban J connectivity index is 1.59. The second-order valence-corrected chi connectivity index (χ2v) is 6.05. The normalized spacial score (nSPS) is 17.0. The molecule has 1 saturated heterocycles. The van der Waals surface area contributed by atoms with Gasteiger partial charge in [-0.25, -0.2) is 0 Å². The molecule has 0 saturated carbocycles. The van der Waals surface area contributed by atoms with E-state index in [2.05, 4.69) is 33.0 Å². The summed E-state index contributed by atoms with van der Waals surface area (Å²) in [5, 5.41) is 9.60. The highest BCUT2D eigenvalue weighted by molar-refractivity contribution is 7.17. The largest absolute Gasteiger partial charge is 0.325 e. The van der Waals surface area contributed by atoms with Crippen molar-refractivity contribution >= 4 is 33.0 Å². The highest BCUT2D eigenvalue weighted by atomic mass is 32.1. The van der Waals surface area contributed by atoms with E-state index in [-0.39, 0.29) is 5.91 Å². The molecule has 1 amide bonds. The van der Waals surface area contributed by atoms with Crippen LogP contribution in [-0.4, -0.2) is 43.5 Å². The van der Waals surface area contributed by atoms with Crippen LogP contribution >= 0.6 is 11.3 Å². The SMILES string of the molecule is O=C(CN1CCCNCC1)Nc1ccc2sccc2c1. The van der Waals surface area contributed by atoms with Crippen molar-refractivity contribution in [3.8, 4) is 0 Å². The molecule has 4 nitrogen and oxygen atoms in total. The summed E-state index contributed by atoms with van der Waals surface area (Å²) in [6, 6.07) is 8.15. The first kappa shape index (κ1) is 13.5. The second-order valence-electron chi connectivity index (χ2n) is 5.10. The molecule has 3 rings (SSSR count). The molecule has 106 valence electrons. The summed E-state index contributed by atoms with van der Waals surface area (Å²) in [6.07, 6.45) is 1.11. The highest BCUT2D eigenvalue weighted by Crippen LogP contribution is 2.23. The average Bonchev–Trinajstić information content (AvgIpc) is 2.75. The summed E-state index contributed by atoms with van der Waals surface area (Å²) >= 11 is 1.72. The summed E-state index contributed by atoms with van der Waals surface area (Å²) in [5.74, 6) is 0.0708. The lowest BCUT2D eigenvalue weighted by Crippen LogP contribution is -2.35. The van der Waals surface area contributed by atoms with E-state index in [1.807, 2.05) is 12.1 Å². The first-order valence-electron chi connectivity index (χ1n) is 7.01. The van der Waals surface area contributed by atoms with Crippen molar-refractivity contribution < 1.29 is 4.79 Å². The van der Waals surface area contributed by atoms with Crippen LogP contribution < -0.4 is 10.6 Å². The van der Waals surface area contributed by atoms with Crippen LogP contribution in [0.1, 0.15) is 6.42 Å². The zero-order valence-electron chi connectivity index (χ0n) is 11.4. The van der Waals surface area contributed by atoms with Gasteiger partial charge in [-0.15, -0.1) is 11.3 Å². The monoisotopic (exact) mass is 289 g/mol. The van der Waals surface area contributed by atoms with Crippen molar-refractivity contribution in [2.75, 3.05) is 38.0 Å². The fourth-order valence-corrected chi connectivity index (χ4v) is 3.28. The number of thiophene rings is 1. The van der Waals surface area contributed by atoms with E-state index in [0.717, 1.165) is 38.3 Å². The molecule has 1 fully saturated rings. The minimum atomic E-state index is 0.0708. The Morgan fingerprint density at radius 2 is 2.25 bits per heavy atom. The van der Waals surface area contributed by atoms with Crippen molar-refractivity contribution in [3.63, 3.8) is 0 Å². The Hall–Kier alpha value is -1.43. The van der Waals surface area contributed by atoms with Crippen LogP contribution in [0.4, 0.5) is 5.69 Å². The molecule has 0 atom stereocenters. The summed E-state index contributed by atoms with van der Waals surface area (Å²) < 4.78 is 1.25. The van der Waals surface area contributed by atoms with Gasteiger partial charge in [0.2, 0.25) is 5.91 Å². The maximum atomic E-state index is 12.1. The molecule has 1 aliphatic heterocycles. The summed E-state index contributed by atoms with van der Waals surface area (Å²) in [5.41, 5.74) is 0.883. The lowest BCUT2D eigenvalue weighted by atomic mass is 10.2. The van der Waals surface area contributed by atoms with Gasteiger partial charge in [-0.3, -0.25) is 9.69 Å². The first-order valence-corrected chi connectivity index (χ1v) is 7.89. The Bertz CT molecular complexity index is 588. The van der Waals surface area contributed by atoms with Gasteiger partial charge in [-0.05, 0) is 54.5 Å². The molecule has 20 heavy (non-hydrogen) atoms. The van der Waals surface area contributed by atoms with E-state index in [1.165, 1.54) is 10.1 Å². The van der Waals surface area contributed by atoms with Gasteiger partial charge in [-0.1, -0.05) is 0 Å². The second kappa shape index (κ2) is 6.35. The average molecular weight is 289 g/mol. The van der Waals surface area contributed by atoms with Crippen LogP contribution in [-0.2, 0) is 4.79 Å². The van der Waals surface area contributed by atoms with Crippen molar-refractivity contribution in [1.82, 2.24) is 10.2 Å². The molecule has 0 spiro atoms. The zero-order valence-corrected chi connectivity index (χ0v) is 12.2. The third kappa shape index (κ3) is 3.36. The van der Waals surface area contributed by atoms with Gasteiger partial charge < -0.3 is 10.6 Å². The fraction of sp³-hybridized carbons (Fsp3) is 0.400. The summed E-state index contributed by atoms with van der Waals surface area (Å²) in [7, 11) is 0. The van der Waals surface area contributed by atoms with Crippen LogP contribution in [0.25, 0.3) is 10.1 Å². The summed E-state index contributed by atoms with van der Waals surface area (Å²) in [4.78, 5) is 14.3. The molecule has 2 heterocycles. The molecule has 2 N–H and O–H groups in total. The number of anilines is 1. The van der Waals surface area contributed by atoms with E-state index in [0.29, 0.717) is 6.54 Å². The summed E-state index contributed by atoms with van der Waals surface area (Å²) in [6.45, 7) is 4.42. The lowest BCUT2D eigenvalue weighted by Gasteiger charge is -2.18. The van der Waals surface area contributed by atoms with E-state index in [4.69, 9.17) is 0 Å². The zero-order chi connectivity index (χ0) is 13.8. The molecule has 0 radical (unpaired) electrons. The molecular formula is C15H19N3OS. The molecule has 1 aromatic carbocycles. The minimum Gasteiger partial charge on any atom is -0.325 e. The molecule has 5 heteroatoms. The number of amides is 1. The standard InChI is InChI=1S/C15H19N3OS/c19-15(11-18-7-1-5-16-6-8-18)17-13-2-3-14-12(10-13)4-9-20-14/h2-4,9-10,16H,1,5-8,11H2,(H,17,19). The number of fused-ring (bicyclic) bond motifs is 1. The molecule has 2 aromatic rings. The Labute approximate surface area is 122 Å². The van der Waals surface area contributed by atoms with Crippen LogP contribution in [0.2, 0.25) is 0 Å². The number of nitrogens with one attached hydrogen (secondary N) is 2. The fourth-order valence-electron chi connectivity index (χ4n) is 2.51. The van der Waals surface area contributed by atoms with Gasteiger partial charge in [0.25, 0.3) is 0 Å². The van der Waals surface area contributed by atoms with Crippen LogP contribution in [0.15, 0.2) is 29.6 Å². The number of carbonyl (C=O) groups is 1. The van der Waals surface area contributed by atoms with Crippen LogP contribution in [0.5, 0.6) is 0 Å². The molecule has 1 aromatic heterocycles. The van der Waals surface area contributed by atoms with Crippen molar-refractivity contribution in [3.05, 3.63) is 29.6 Å². The van der Waals surface area contributed by atoms with Crippen molar-refractivity contribution in [2.45, 2.75) is 6.42 Å².